The first-order chi connectivity index (χ1) is 6.11. The van der Waals surface area contributed by atoms with Crippen molar-refractivity contribution in [2.45, 2.75) is 33.2 Å². The van der Waals surface area contributed by atoms with Gasteiger partial charge in [-0.15, -0.1) is 0 Å². The van der Waals surface area contributed by atoms with Gasteiger partial charge in [-0.3, -0.25) is 4.90 Å². The van der Waals surface area contributed by atoms with Gasteiger partial charge in [0, 0.05) is 32.2 Å². The van der Waals surface area contributed by atoms with Gasteiger partial charge in [-0.25, -0.2) is 0 Å². The Balaban J connectivity index is 3.88. The summed E-state index contributed by atoms with van der Waals surface area (Å²) in [6, 6.07) is 2.59. The van der Waals surface area contributed by atoms with Gasteiger partial charge >= 0.3 is 0 Å². The molecule has 0 amide bonds. The van der Waals surface area contributed by atoms with Crippen molar-refractivity contribution in [1.29, 1.82) is 5.26 Å². The number of nitrogens with zero attached hydrogens (tertiary/aromatic N) is 2. The molecule has 0 aliphatic carbocycles. The van der Waals surface area contributed by atoms with Crippen molar-refractivity contribution < 1.29 is 5.11 Å². The molecule has 0 saturated carbocycles. The molecular formula is C10H20N2O. The third kappa shape index (κ3) is 5.62. The second kappa shape index (κ2) is 6.88. The van der Waals surface area contributed by atoms with E-state index >= 15 is 0 Å². The molecule has 0 radical (unpaired) electrons. The molecule has 0 fully saturated rings. The summed E-state index contributed by atoms with van der Waals surface area (Å²) >= 11 is 0. The lowest BCUT2D eigenvalue weighted by atomic mass is 10.1. The maximum Gasteiger partial charge on any atom is 0.0635 e. The molecule has 0 heterocycles. The van der Waals surface area contributed by atoms with Crippen LogP contribution in [0.3, 0.4) is 0 Å². The van der Waals surface area contributed by atoms with Gasteiger partial charge in [-0.05, 0) is 19.8 Å². The Hall–Kier alpha value is -0.590. The highest BCUT2D eigenvalue weighted by atomic mass is 16.3. The van der Waals surface area contributed by atoms with E-state index in [1.807, 2.05) is 6.92 Å². The molecule has 0 aromatic rings. The summed E-state index contributed by atoms with van der Waals surface area (Å²) in [6.45, 7) is 8.13. The van der Waals surface area contributed by atoms with Crippen LogP contribution in [0.1, 0.15) is 27.2 Å². The highest BCUT2D eigenvalue weighted by Gasteiger charge is 2.11. The van der Waals surface area contributed by atoms with Gasteiger partial charge in [0.25, 0.3) is 0 Å². The highest BCUT2D eigenvalue weighted by molar-refractivity contribution is 4.74. The van der Waals surface area contributed by atoms with Crippen molar-refractivity contribution in [3.63, 3.8) is 0 Å². The summed E-state index contributed by atoms with van der Waals surface area (Å²) in [4.78, 5) is 2.23. The maximum absolute atomic E-state index is 8.90. The molecule has 1 atom stereocenters. The number of hydrogen-bond acceptors (Lipinski definition) is 3. The van der Waals surface area contributed by atoms with Crippen molar-refractivity contribution in [3.8, 4) is 6.07 Å². The quantitative estimate of drug-likeness (QED) is 0.675. The Labute approximate surface area is 81.0 Å². The smallest absolute Gasteiger partial charge is 0.0635 e. The van der Waals surface area contributed by atoms with Crippen LogP contribution in [0.5, 0.6) is 0 Å². The summed E-state index contributed by atoms with van der Waals surface area (Å²) in [7, 11) is 0. The minimum atomic E-state index is 0.218. The monoisotopic (exact) mass is 184 g/mol. The molecule has 0 aromatic carbocycles. The third-order valence-corrected chi connectivity index (χ3v) is 2.10. The van der Waals surface area contributed by atoms with Crippen LogP contribution in [-0.4, -0.2) is 35.7 Å². The lowest BCUT2D eigenvalue weighted by molar-refractivity contribution is 0.151. The van der Waals surface area contributed by atoms with Crippen molar-refractivity contribution in [3.05, 3.63) is 0 Å². The minimum absolute atomic E-state index is 0.218. The molecule has 76 valence electrons. The molecular weight excluding hydrogens is 164 g/mol. The van der Waals surface area contributed by atoms with Gasteiger partial charge in [-0.2, -0.15) is 5.26 Å². The summed E-state index contributed by atoms with van der Waals surface area (Å²) < 4.78 is 0. The average Bonchev–Trinajstić information content (AvgIpc) is 2.11. The van der Waals surface area contributed by atoms with Crippen molar-refractivity contribution in [2.75, 3.05) is 19.7 Å². The lowest BCUT2D eigenvalue weighted by Gasteiger charge is -2.27. The van der Waals surface area contributed by atoms with E-state index in [-0.39, 0.29) is 6.61 Å². The minimum Gasteiger partial charge on any atom is -0.396 e. The van der Waals surface area contributed by atoms with Crippen LogP contribution in [0.25, 0.3) is 0 Å². The van der Waals surface area contributed by atoms with Crippen LogP contribution in [0.2, 0.25) is 0 Å². The van der Waals surface area contributed by atoms with E-state index in [1.54, 1.807) is 0 Å². The molecule has 3 nitrogen and oxygen atoms in total. The van der Waals surface area contributed by atoms with E-state index in [4.69, 9.17) is 10.4 Å². The van der Waals surface area contributed by atoms with E-state index in [0.717, 1.165) is 13.1 Å². The highest BCUT2D eigenvalue weighted by Crippen LogP contribution is 2.04. The SMILES string of the molecule is CC(CO)CN(CCC#N)C(C)C. The van der Waals surface area contributed by atoms with Gasteiger partial charge in [0.15, 0.2) is 0 Å². The van der Waals surface area contributed by atoms with E-state index in [1.165, 1.54) is 0 Å². The molecule has 1 unspecified atom stereocenters. The summed E-state index contributed by atoms with van der Waals surface area (Å²) in [5, 5.41) is 17.4. The summed E-state index contributed by atoms with van der Waals surface area (Å²) in [5.74, 6) is 0.293. The Morgan fingerprint density at radius 3 is 2.38 bits per heavy atom. The zero-order valence-electron chi connectivity index (χ0n) is 8.82. The van der Waals surface area contributed by atoms with Crippen LogP contribution < -0.4 is 0 Å². The van der Waals surface area contributed by atoms with Crippen molar-refractivity contribution >= 4 is 0 Å². The average molecular weight is 184 g/mol. The first-order valence-electron chi connectivity index (χ1n) is 4.83. The first kappa shape index (κ1) is 12.4. The number of nitriles is 1. The topological polar surface area (TPSA) is 47.3 Å². The Kier molecular flexibility index (Phi) is 6.56. The standard InChI is InChI=1S/C10H20N2O/c1-9(2)12(6-4-5-11)7-10(3)8-13/h9-10,13H,4,6-8H2,1-3H3. The van der Waals surface area contributed by atoms with E-state index in [9.17, 15) is 0 Å². The van der Waals surface area contributed by atoms with E-state index < -0.39 is 0 Å². The maximum atomic E-state index is 8.90. The van der Waals surface area contributed by atoms with Gasteiger partial charge in [-0.1, -0.05) is 6.92 Å². The van der Waals surface area contributed by atoms with Gasteiger partial charge in [0.1, 0.15) is 0 Å². The number of aliphatic hydroxyl groups is 1. The fourth-order valence-electron chi connectivity index (χ4n) is 1.21. The summed E-state index contributed by atoms with van der Waals surface area (Å²) in [6.07, 6.45) is 0.566. The number of hydrogen-bond donors (Lipinski definition) is 1. The Morgan fingerprint density at radius 1 is 1.38 bits per heavy atom. The molecule has 0 spiro atoms. The van der Waals surface area contributed by atoms with Crippen LogP contribution >= 0.6 is 0 Å². The first-order valence-corrected chi connectivity index (χ1v) is 4.83. The van der Waals surface area contributed by atoms with Crippen LogP contribution in [0.4, 0.5) is 0 Å². The third-order valence-electron chi connectivity index (χ3n) is 2.10. The van der Waals surface area contributed by atoms with Crippen LogP contribution in [0, 0.1) is 17.2 Å². The molecule has 0 aromatic heterocycles. The van der Waals surface area contributed by atoms with Crippen molar-refractivity contribution in [2.24, 2.45) is 5.92 Å². The molecule has 3 heteroatoms. The number of rotatable bonds is 6. The Bertz CT molecular complexity index is 163. The predicted molar refractivity (Wildman–Crippen MR) is 53.2 cm³/mol. The second-order valence-corrected chi connectivity index (χ2v) is 3.78. The normalized spacial score (nSPS) is 13.3. The molecule has 0 rings (SSSR count). The zero-order chi connectivity index (χ0) is 10.3. The number of aliphatic hydroxyl groups excluding tert-OH is 1. The predicted octanol–water partition coefficient (Wildman–Crippen LogP) is 1.24. The summed E-state index contributed by atoms with van der Waals surface area (Å²) in [5.41, 5.74) is 0. The van der Waals surface area contributed by atoms with Crippen LogP contribution in [-0.2, 0) is 0 Å². The van der Waals surface area contributed by atoms with Crippen molar-refractivity contribution in [1.82, 2.24) is 4.90 Å². The molecule has 0 aliphatic heterocycles. The molecule has 0 aliphatic rings. The molecule has 0 bridgehead atoms. The van der Waals surface area contributed by atoms with Gasteiger partial charge in [0.2, 0.25) is 0 Å². The lowest BCUT2D eigenvalue weighted by Crippen LogP contribution is -2.36. The fraction of sp³-hybridized carbons (Fsp3) is 0.900. The molecule has 13 heavy (non-hydrogen) atoms. The van der Waals surface area contributed by atoms with Crippen LogP contribution in [0.15, 0.2) is 0 Å². The molecule has 0 saturated heterocycles. The van der Waals surface area contributed by atoms with E-state index in [0.29, 0.717) is 18.4 Å². The van der Waals surface area contributed by atoms with Gasteiger partial charge < -0.3 is 5.11 Å². The molecule has 1 N–H and O–H groups in total. The second-order valence-electron chi connectivity index (χ2n) is 3.78. The largest absolute Gasteiger partial charge is 0.396 e. The van der Waals surface area contributed by atoms with E-state index in [2.05, 4.69) is 24.8 Å². The van der Waals surface area contributed by atoms with Gasteiger partial charge in [0.05, 0.1) is 6.07 Å². The fourth-order valence-corrected chi connectivity index (χ4v) is 1.21. The zero-order valence-corrected chi connectivity index (χ0v) is 8.82. The Morgan fingerprint density at radius 2 is 2.00 bits per heavy atom.